The Bertz CT molecular complexity index is 767. The van der Waals surface area contributed by atoms with Gasteiger partial charge in [0.25, 0.3) is 5.56 Å². The first-order valence-corrected chi connectivity index (χ1v) is 7.07. The molecule has 0 aromatic carbocycles. The van der Waals surface area contributed by atoms with Gasteiger partial charge in [0.05, 0.1) is 12.4 Å². The van der Waals surface area contributed by atoms with E-state index in [0.717, 1.165) is 6.42 Å². The van der Waals surface area contributed by atoms with E-state index in [9.17, 15) is 14.7 Å². The van der Waals surface area contributed by atoms with Crippen molar-refractivity contribution in [2.24, 2.45) is 0 Å². The van der Waals surface area contributed by atoms with Gasteiger partial charge in [-0.25, -0.2) is 4.98 Å². The van der Waals surface area contributed by atoms with Crippen LogP contribution in [0, 0.1) is 0 Å². The number of anilines is 1. The quantitative estimate of drug-likeness (QED) is 0.741. The molecule has 0 spiro atoms. The number of hydrogen-bond donors (Lipinski definition) is 3. The first-order valence-electron chi connectivity index (χ1n) is 7.07. The summed E-state index contributed by atoms with van der Waals surface area (Å²) in [5, 5.41) is 12.6. The number of carbonyl (C=O) groups excluding carboxylic acids is 1. The summed E-state index contributed by atoms with van der Waals surface area (Å²) < 4.78 is 7.29. The highest BCUT2D eigenvalue weighted by Gasteiger charge is 2.35. The highest BCUT2D eigenvalue weighted by Crippen LogP contribution is 2.31. The zero-order chi connectivity index (χ0) is 15.9. The summed E-state index contributed by atoms with van der Waals surface area (Å²) in [7, 11) is 0. The largest absolute Gasteiger partial charge is 0.388 e. The molecule has 118 valence electrons. The Morgan fingerprint density at radius 3 is 3.05 bits per heavy atom. The van der Waals surface area contributed by atoms with Crippen molar-refractivity contribution >= 4 is 23.0 Å². The minimum Gasteiger partial charge on any atom is -0.388 e. The monoisotopic (exact) mass is 307 g/mol. The van der Waals surface area contributed by atoms with Gasteiger partial charge >= 0.3 is 0 Å². The number of amides is 1. The molecule has 0 aliphatic carbocycles. The van der Waals surface area contributed by atoms with Crippen LogP contribution in [0.25, 0.3) is 11.2 Å². The van der Waals surface area contributed by atoms with Gasteiger partial charge in [-0.2, -0.15) is 4.98 Å². The van der Waals surface area contributed by atoms with E-state index in [1.54, 1.807) is 0 Å². The van der Waals surface area contributed by atoms with E-state index in [2.05, 4.69) is 20.3 Å². The van der Waals surface area contributed by atoms with Crippen LogP contribution in [-0.2, 0) is 9.53 Å². The molecule has 22 heavy (non-hydrogen) atoms. The third-order valence-corrected chi connectivity index (χ3v) is 3.62. The molecule has 3 rings (SSSR count). The van der Waals surface area contributed by atoms with Gasteiger partial charge in [0.15, 0.2) is 17.4 Å². The third kappa shape index (κ3) is 2.48. The fraction of sp³-hybridized carbons (Fsp3) is 0.538. The van der Waals surface area contributed by atoms with Crippen LogP contribution in [0.4, 0.5) is 5.95 Å². The van der Waals surface area contributed by atoms with Crippen LogP contribution < -0.4 is 10.9 Å². The van der Waals surface area contributed by atoms with Crippen molar-refractivity contribution < 1.29 is 14.6 Å². The van der Waals surface area contributed by atoms with Crippen molar-refractivity contribution in [1.82, 2.24) is 19.5 Å². The average molecular weight is 307 g/mol. The van der Waals surface area contributed by atoms with E-state index in [0.29, 0.717) is 6.42 Å². The van der Waals surface area contributed by atoms with E-state index in [1.807, 2.05) is 6.92 Å². The minimum atomic E-state index is -0.701. The number of imidazole rings is 1. The molecule has 2 aromatic heterocycles. The van der Waals surface area contributed by atoms with Crippen molar-refractivity contribution in [1.29, 1.82) is 0 Å². The molecule has 2 aromatic rings. The van der Waals surface area contributed by atoms with E-state index in [4.69, 9.17) is 4.74 Å². The van der Waals surface area contributed by atoms with Crippen LogP contribution in [0.5, 0.6) is 0 Å². The molecule has 1 aliphatic rings. The fourth-order valence-electron chi connectivity index (χ4n) is 2.58. The SMILES string of the molecule is CC[C@@H]1C[C@@H](O)[C@H](n2cnc3c(=O)[nH]c(NC(C)=O)nc32)O1. The molecule has 0 unspecified atom stereocenters. The molecular formula is C13H17N5O4. The fourth-order valence-corrected chi connectivity index (χ4v) is 2.58. The van der Waals surface area contributed by atoms with Gasteiger partial charge in [-0.05, 0) is 6.42 Å². The second kappa shape index (κ2) is 5.50. The maximum atomic E-state index is 12.0. The first kappa shape index (κ1) is 14.7. The van der Waals surface area contributed by atoms with Crippen molar-refractivity contribution in [3.8, 4) is 0 Å². The summed E-state index contributed by atoms with van der Waals surface area (Å²) in [6.45, 7) is 3.29. The molecule has 1 amide bonds. The predicted molar refractivity (Wildman–Crippen MR) is 77.3 cm³/mol. The van der Waals surface area contributed by atoms with E-state index in [1.165, 1.54) is 17.8 Å². The van der Waals surface area contributed by atoms with Crippen LogP contribution in [0.2, 0.25) is 0 Å². The normalized spacial score (nSPS) is 24.8. The van der Waals surface area contributed by atoms with Crippen molar-refractivity contribution in [3.63, 3.8) is 0 Å². The first-order chi connectivity index (χ1) is 10.5. The van der Waals surface area contributed by atoms with Gasteiger partial charge in [0.2, 0.25) is 11.9 Å². The molecule has 1 aliphatic heterocycles. The summed E-state index contributed by atoms with van der Waals surface area (Å²) >= 11 is 0. The van der Waals surface area contributed by atoms with Crippen LogP contribution in [0.3, 0.4) is 0 Å². The number of ether oxygens (including phenoxy) is 1. The number of rotatable bonds is 3. The van der Waals surface area contributed by atoms with Crippen molar-refractivity contribution in [2.75, 3.05) is 5.32 Å². The van der Waals surface area contributed by atoms with E-state index < -0.39 is 17.9 Å². The molecule has 3 N–H and O–H groups in total. The number of aromatic nitrogens is 4. The highest BCUT2D eigenvalue weighted by molar-refractivity contribution is 5.87. The second-order valence-corrected chi connectivity index (χ2v) is 5.28. The van der Waals surface area contributed by atoms with Gasteiger partial charge in [-0.15, -0.1) is 0 Å². The molecule has 3 atom stereocenters. The Hall–Kier alpha value is -2.26. The Kier molecular flexibility index (Phi) is 3.67. The smallest absolute Gasteiger partial charge is 0.280 e. The molecule has 3 heterocycles. The number of fused-ring (bicyclic) bond motifs is 1. The lowest BCUT2D eigenvalue weighted by atomic mass is 10.1. The maximum Gasteiger partial charge on any atom is 0.280 e. The van der Waals surface area contributed by atoms with Gasteiger partial charge in [-0.1, -0.05) is 6.92 Å². The van der Waals surface area contributed by atoms with Crippen LogP contribution in [0.15, 0.2) is 11.1 Å². The van der Waals surface area contributed by atoms with Gasteiger partial charge in [-0.3, -0.25) is 24.5 Å². The highest BCUT2D eigenvalue weighted by atomic mass is 16.5. The number of nitrogens with one attached hydrogen (secondary N) is 2. The number of aliphatic hydroxyl groups excluding tert-OH is 1. The standard InChI is InChI=1S/C13H17N5O4/c1-3-7-4-8(20)12(22-7)18-5-14-9-10(18)16-13(15-6(2)19)17-11(9)21/h5,7-8,12,20H,3-4H2,1-2H3,(H2,15,16,17,19,21)/t7-,8-,12-/m1/s1. The lowest BCUT2D eigenvalue weighted by Gasteiger charge is -2.16. The predicted octanol–water partition coefficient (Wildman–Crippen LogP) is 0.136. The summed E-state index contributed by atoms with van der Waals surface area (Å²) in [4.78, 5) is 33.7. The summed E-state index contributed by atoms with van der Waals surface area (Å²) in [5.74, 6) is -0.317. The second-order valence-electron chi connectivity index (χ2n) is 5.28. The van der Waals surface area contributed by atoms with Crippen LogP contribution in [-0.4, -0.2) is 42.7 Å². The lowest BCUT2D eigenvalue weighted by Crippen LogP contribution is -2.21. The zero-order valence-electron chi connectivity index (χ0n) is 12.2. The number of nitrogens with zero attached hydrogens (tertiary/aromatic N) is 3. The number of aromatic amines is 1. The van der Waals surface area contributed by atoms with Gasteiger partial charge in [0, 0.05) is 13.3 Å². The summed E-state index contributed by atoms with van der Waals surface area (Å²) in [6.07, 6.45) is 1.32. The van der Waals surface area contributed by atoms with Crippen molar-refractivity contribution in [2.45, 2.75) is 45.1 Å². The Morgan fingerprint density at radius 2 is 2.41 bits per heavy atom. The molecule has 9 heteroatoms. The lowest BCUT2D eigenvalue weighted by molar-refractivity contribution is -0.114. The van der Waals surface area contributed by atoms with Crippen LogP contribution >= 0.6 is 0 Å². The average Bonchev–Trinajstić information content (AvgIpc) is 3.01. The van der Waals surface area contributed by atoms with E-state index in [-0.39, 0.29) is 29.1 Å². The molecule has 9 nitrogen and oxygen atoms in total. The van der Waals surface area contributed by atoms with Gasteiger partial charge in [0.1, 0.15) is 6.10 Å². The molecule has 1 fully saturated rings. The maximum absolute atomic E-state index is 12.0. The third-order valence-electron chi connectivity index (χ3n) is 3.62. The summed E-state index contributed by atoms with van der Waals surface area (Å²) in [6, 6.07) is 0. The van der Waals surface area contributed by atoms with Crippen LogP contribution in [0.1, 0.15) is 32.9 Å². The number of H-pyrrole nitrogens is 1. The number of aliphatic hydroxyl groups is 1. The molecule has 0 saturated carbocycles. The Morgan fingerprint density at radius 1 is 1.64 bits per heavy atom. The van der Waals surface area contributed by atoms with E-state index >= 15 is 0 Å². The number of carbonyl (C=O) groups is 1. The summed E-state index contributed by atoms with van der Waals surface area (Å²) in [5.41, 5.74) is -0.0785. The Balaban J connectivity index is 2.05. The molecule has 1 saturated heterocycles. The minimum absolute atomic E-state index is 0.0336. The molecular weight excluding hydrogens is 290 g/mol. The van der Waals surface area contributed by atoms with Gasteiger partial charge < -0.3 is 9.84 Å². The van der Waals surface area contributed by atoms with Crippen molar-refractivity contribution in [3.05, 3.63) is 16.7 Å². The zero-order valence-corrected chi connectivity index (χ0v) is 12.2. The molecule has 0 bridgehead atoms. The Labute approximate surface area is 125 Å². The topological polar surface area (TPSA) is 122 Å². The number of hydrogen-bond acceptors (Lipinski definition) is 6. The molecule has 0 radical (unpaired) electrons.